The third kappa shape index (κ3) is 8.89. The summed E-state index contributed by atoms with van der Waals surface area (Å²) in [6.45, 7) is 16.1. The number of rotatable bonds is 14. The minimum Gasteiger partial charge on any atom is -0.496 e. The Balaban J connectivity index is 0.00000327. The molecule has 19 heteroatoms. The molecule has 13 nitrogen and oxygen atoms in total. The molecule has 4 aromatic rings. The number of hydrogen-bond donors (Lipinski definition) is 3. The Labute approximate surface area is 377 Å². The number of nitrogens with zero attached hydrogens (tertiary/aromatic N) is 3. The molecule has 3 aliphatic rings. The van der Waals surface area contributed by atoms with E-state index in [1.54, 1.807) is 46.1 Å². The molecule has 2 aliphatic carbocycles. The molecule has 5 atom stereocenters. The second-order valence-electron chi connectivity index (χ2n) is 18.5. The minimum absolute atomic E-state index is 0. The van der Waals surface area contributed by atoms with Crippen molar-refractivity contribution in [2.75, 3.05) is 19.0 Å². The number of halogens is 4. The molecule has 3 N–H and O–H groups in total. The van der Waals surface area contributed by atoms with Crippen molar-refractivity contribution >= 4 is 55.7 Å². The number of methoxy groups -OCH3 is 1. The van der Waals surface area contributed by atoms with E-state index in [1.807, 2.05) is 26.2 Å². The molecule has 3 fully saturated rings. The summed E-state index contributed by atoms with van der Waals surface area (Å²) in [5, 5.41) is 8.84. The monoisotopic (exact) mass is 934 g/mol. The van der Waals surface area contributed by atoms with E-state index in [2.05, 4.69) is 21.9 Å². The van der Waals surface area contributed by atoms with Crippen LogP contribution in [0.3, 0.4) is 0 Å². The lowest BCUT2D eigenvalue weighted by molar-refractivity contribution is -0.141. The summed E-state index contributed by atoms with van der Waals surface area (Å²) in [5.74, 6) is -3.43. The number of alkyl halides is 3. The summed E-state index contributed by atoms with van der Waals surface area (Å²) in [4.78, 5) is 54.4. The second-order valence-corrected chi connectivity index (χ2v) is 21.6. The van der Waals surface area contributed by atoms with Gasteiger partial charge in [-0.3, -0.25) is 19.1 Å². The SMILES string of the molecule is C=C[C@@H]1C[C@]1(NC(=O)[C@@H]1C[C@@H](Oc2cc(-c3nc(C(C)C)cs3)nc3c(C)c(OC)ccc23)CN1C(=O)[C@@H](Nc1ccc(F)c(C(F)(F)F)c1)C(C)(C)C)C(=O)NS(=O)(=O)C1(C)CC1.[HH].[HH].[HH]. The molecule has 2 aromatic heterocycles. The highest BCUT2D eigenvalue weighted by molar-refractivity contribution is 7.91. The van der Waals surface area contributed by atoms with E-state index in [4.69, 9.17) is 19.4 Å². The Morgan fingerprint density at radius 1 is 1.08 bits per heavy atom. The molecule has 1 aliphatic heterocycles. The van der Waals surface area contributed by atoms with Gasteiger partial charge >= 0.3 is 6.18 Å². The Bertz CT molecular complexity index is 2660. The molecule has 0 radical (unpaired) electrons. The number of carbonyl (C=O) groups is 3. The molecular weight excluding hydrogens is 877 g/mol. The van der Waals surface area contributed by atoms with Crippen LogP contribution in [0.15, 0.2) is 54.4 Å². The van der Waals surface area contributed by atoms with Crippen LogP contribution in [0.25, 0.3) is 21.6 Å². The number of aromatic nitrogens is 2. The first-order valence-electron chi connectivity index (χ1n) is 20.9. The van der Waals surface area contributed by atoms with Crippen LogP contribution >= 0.6 is 11.3 Å². The number of sulfonamides is 1. The molecule has 0 unspecified atom stereocenters. The number of amides is 3. The van der Waals surface area contributed by atoms with Crippen LogP contribution in [0.1, 0.15) is 94.2 Å². The highest BCUT2D eigenvalue weighted by Gasteiger charge is 2.63. The van der Waals surface area contributed by atoms with Crippen molar-refractivity contribution in [1.82, 2.24) is 24.9 Å². The van der Waals surface area contributed by atoms with E-state index in [0.29, 0.717) is 58.1 Å². The summed E-state index contributed by atoms with van der Waals surface area (Å²) >= 11 is 1.41. The van der Waals surface area contributed by atoms with Gasteiger partial charge in [0, 0.05) is 44.7 Å². The number of benzene rings is 2. The van der Waals surface area contributed by atoms with Crippen LogP contribution < -0.4 is 24.8 Å². The van der Waals surface area contributed by atoms with Crippen molar-refractivity contribution in [3.8, 4) is 22.2 Å². The van der Waals surface area contributed by atoms with E-state index in [-0.39, 0.29) is 35.3 Å². The zero-order valence-electron chi connectivity index (χ0n) is 36.8. The first-order chi connectivity index (χ1) is 29.8. The Hall–Kier alpha value is -5.30. The number of likely N-dealkylation sites (tertiary alicyclic amines) is 1. The first kappa shape index (κ1) is 46.7. The third-order valence-corrected chi connectivity index (χ3v) is 15.5. The van der Waals surface area contributed by atoms with Crippen LogP contribution in [0, 0.1) is 24.1 Å². The highest BCUT2D eigenvalue weighted by atomic mass is 32.2. The van der Waals surface area contributed by atoms with Crippen LogP contribution in [0.2, 0.25) is 0 Å². The van der Waals surface area contributed by atoms with Crippen LogP contribution in [0.4, 0.5) is 23.2 Å². The lowest BCUT2D eigenvalue weighted by Crippen LogP contribution is -2.59. The number of carbonyl (C=O) groups excluding carboxylic acids is 3. The molecule has 350 valence electrons. The predicted molar refractivity (Wildman–Crippen MR) is 241 cm³/mol. The van der Waals surface area contributed by atoms with Gasteiger partial charge < -0.3 is 25.0 Å². The molecule has 2 saturated carbocycles. The zero-order valence-corrected chi connectivity index (χ0v) is 38.4. The van der Waals surface area contributed by atoms with Gasteiger partial charge in [0.2, 0.25) is 21.8 Å². The summed E-state index contributed by atoms with van der Waals surface area (Å²) in [6.07, 6.45) is -3.79. The summed E-state index contributed by atoms with van der Waals surface area (Å²) in [6, 6.07) is 5.03. The number of ether oxygens (including phenoxy) is 2. The molecule has 7 rings (SSSR count). The number of hydrogen-bond acceptors (Lipinski definition) is 11. The van der Waals surface area contributed by atoms with Gasteiger partial charge in [-0.2, -0.15) is 13.2 Å². The number of pyridine rings is 1. The minimum atomic E-state index is -5.02. The van der Waals surface area contributed by atoms with Crippen molar-refractivity contribution in [2.45, 2.75) is 115 Å². The molecule has 1 saturated heterocycles. The Morgan fingerprint density at radius 3 is 2.36 bits per heavy atom. The van der Waals surface area contributed by atoms with Crippen molar-refractivity contribution in [3.05, 3.63) is 77.1 Å². The molecule has 3 amide bonds. The number of nitrogens with one attached hydrogen (secondary N) is 3. The average molecular weight is 935 g/mol. The summed E-state index contributed by atoms with van der Waals surface area (Å²) in [5.41, 5.74) is -1.73. The fraction of sp³-hybridized carbons (Fsp3) is 0.489. The van der Waals surface area contributed by atoms with E-state index < -0.39 is 85.1 Å². The lowest BCUT2D eigenvalue weighted by Gasteiger charge is -2.36. The van der Waals surface area contributed by atoms with Gasteiger partial charge in [0.1, 0.15) is 51.7 Å². The van der Waals surface area contributed by atoms with Crippen LogP contribution in [-0.2, 0) is 30.6 Å². The normalized spacial score (nSPS) is 22.2. The van der Waals surface area contributed by atoms with E-state index in [9.17, 15) is 40.4 Å². The second kappa shape index (κ2) is 16.6. The zero-order chi connectivity index (χ0) is 46.9. The maximum Gasteiger partial charge on any atom is 0.419 e. The van der Waals surface area contributed by atoms with Crippen molar-refractivity contribution in [3.63, 3.8) is 0 Å². The smallest absolute Gasteiger partial charge is 0.419 e. The van der Waals surface area contributed by atoms with Crippen LogP contribution in [0.5, 0.6) is 11.5 Å². The van der Waals surface area contributed by atoms with E-state index in [0.717, 1.165) is 17.3 Å². The van der Waals surface area contributed by atoms with E-state index >= 15 is 0 Å². The lowest BCUT2D eigenvalue weighted by atomic mass is 9.85. The molecular formula is C45H58F4N6O7S2. The van der Waals surface area contributed by atoms with Gasteiger partial charge in [-0.05, 0) is 74.8 Å². The molecule has 64 heavy (non-hydrogen) atoms. The number of anilines is 1. The standard InChI is InChI=1S/C45H52F4N6O7S2.3H2/c1-10-25-20-44(25,41(58)54-64(59,60)43(8)15-16-43)53-38(56)33-18-27(21-55(33)40(57)37(42(5,6)7)50-26-11-13-30(46)29(17-26)45(47,48)49)62-35-19-31(39-52-32(22-63-39)23(2)3)51-36-24(4)34(61-9)14-12-28(35)36;;;/h10-14,17,19,22-23,25,27,33,37,50H,1,15-16,18,20-21H2,2-9H3,(H,53,56)(H,54,58);3*1H/t25-,27-,33+,37-,44-;;;/m1.../s1. The van der Waals surface area contributed by atoms with Gasteiger partial charge in [0.05, 0.1) is 35.2 Å². The summed E-state index contributed by atoms with van der Waals surface area (Å²) < 4.78 is 95.5. The van der Waals surface area contributed by atoms with Gasteiger partial charge in [0.25, 0.3) is 5.91 Å². The fourth-order valence-corrected chi connectivity index (χ4v) is 10.2. The maximum absolute atomic E-state index is 14.9. The van der Waals surface area contributed by atoms with Crippen molar-refractivity contribution in [1.29, 1.82) is 0 Å². The number of thiazole rings is 1. The van der Waals surface area contributed by atoms with Gasteiger partial charge in [-0.15, -0.1) is 17.9 Å². The van der Waals surface area contributed by atoms with Crippen LogP contribution in [-0.4, -0.2) is 83.1 Å². The van der Waals surface area contributed by atoms with Gasteiger partial charge in [0.15, 0.2) is 0 Å². The Morgan fingerprint density at radius 2 is 1.78 bits per heavy atom. The topological polar surface area (TPSA) is 169 Å². The third-order valence-electron chi connectivity index (χ3n) is 12.4. The largest absolute Gasteiger partial charge is 0.496 e. The fourth-order valence-electron chi connectivity index (χ4n) is 7.96. The van der Waals surface area contributed by atoms with Crippen molar-refractivity contribution < 1.29 is 54.1 Å². The maximum atomic E-state index is 14.9. The molecule has 2 aromatic carbocycles. The predicted octanol–water partition coefficient (Wildman–Crippen LogP) is 8.63. The van der Waals surface area contributed by atoms with Gasteiger partial charge in [-0.1, -0.05) is 40.7 Å². The average Bonchev–Trinajstić information content (AvgIpc) is 4.00. The number of fused-ring (bicyclic) bond motifs is 1. The summed E-state index contributed by atoms with van der Waals surface area (Å²) in [7, 11) is -2.55. The molecule has 0 bridgehead atoms. The quantitative estimate of drug-likeness (QED) is 0.0823. The van der Waals surface area contributed by atoms with Gasteiger partial charge in [-0.25, -0.2) is 22.8 Å². The van der Waals surface area contributed by atoms with Crippen molar-refractivity contribution in [2.24, 2.45) is 11.3 Å². The first-order valence-corrected chi connectivity index (χ1v) is 23.2. The molecule has 0 spiro atoms. The highest BCUT2D eigenvalue weighted by Crippen LogP contribution is 2.47. The number of aryl methyl sites for hydroxylation is 1. The Kier molecular flexibility index (Phi) is 12.1. The molecule has 3 heterocycles. The van der Waals surface area contributed by atoms with E-state index in [1.165, 1.54) is 29.2 Å².